The van der Waals surface area contributed by atoms with Gasteiger partial charge in [-0.2, -0.15) is 0 Å². The van der Waals surface area contributed by atoms with E-state index < -0.39 is 0 Å². The first kappa shape index (κ1) is 14.5. The van der Waals surface area contributed by atoms with Crippen LogP contribution in [0.3, 0.4) is 0 Å². The molecular formula is C15H21NO4. The fraction of sp³-hybridized carbons (Fsp3) is 0.533. The van der Waals surface area contributed by atoms with Crippen molar-refractivity contribution in [1.82, 2.24) is 4.90 Å². The largest absolute Gasteiger partial charge is 0.496 e. The summed E-state index contributed by atoms with van der Waals surface area (Å²) in [5, 5.41) is 0. The van der Waals surface area contributed by atoms with E-state index in [1.165, 1.54) is 6.42 Å². The maximum Gasteiger partial charge on any atom is 0.261 e. The third-order valence-corrected chi connectivity index (χ3v) is 3.57. The second-order valence-corrected chi connectivity index (χ2v) is 4.76. The highest BCUT2D eigenvalue weighted by atomic mass is 16.5. The average molecular weight is 279 g/mol. The molecule has 5 heteroatoms. The molecule has 1 heterocycles. The van der Waals surface area contributed by atoms with Crippen molar-refractivity contribution in [3.8, 4) is 17.2 Å². The summed E-state index contributed by atoms with van der Waals surface area (Å²) in [5.41, 5.74) is 0.470. The Hall–Kier alpha value is -1.91. The molecule has 1 aromatic rings. The molecule has 0 bridgehead atoms. The monoisotopic (exact) mass is 279 g/mol. The minimum atomic E-state index is -0.0407. The molecule has 0 aliphatic carbocycles. The van der Waals surface area contributed by atoms with E-state index in [4.69, 9.17) is 14.2 Å². The lowest BCUT2D eigenvalue weighted by Crippen LogP contribution is -2.36. The Kier molecular flexibility index (Phi) is 4.71. The maximum absolute atomic E-state index is 12.7. The highest BCUT2D eigenvalue weighted by Gasteiger charge is 2.26. The molecule has 1 fully saturated rings. The van der Waals surface area contributed by atoms with E-state index in [0.717, 1.165) is 25.9 Å². The van der Waals surface area contributed by atoms with E-state index in [0.29, 0.717) is 22.8 Å². The summed E-state index contributed by atoms with van der Waals surface area (Å²) in [5.74, 6) is 1.53. The van der Waals surface area contributed by atoms with Crippen LogP contribution in [0.2, 0.25) is 0 Å². The van der Waals surface area contributed by atoms with E-state index in [9.17, 15) is 4.79 Å². The van der Waals surface area contributed by atoms with Gasteiger partial charge in [0.1, 0.15) is 22.8 Å². The Morgan fingerprint density at radius 1 is 0.950 bits per heavy atom. The van der Waals surface area contributed by atoms with Gasteiger partial charge in [-0.25, -0.2) is 0 Å². The van der Waals surface area contributed by atoms with Crippen LogP contribution in [-0.2, 0) is 0 Å². The van der Waals surface area contributed by atoms with Crippen LogP contribution >= 0.6 is 0 Å². The normalized spacial score (nSPS) is 14.8. The number of likely N-dealkylation sites (tertiary alicyclic amines) is 1. The zero-order valence-electron chi connectivity index (χ0n) is 12.3. The first-order valence-corrected chi connectivity index (χ1v) is 6.80. The van der Waals surface area contributed by atoms with Gasteiger partial charge in [-0.3, -0.25) is 4.79 Å². The number of hydrogen-bond donors (Lipinski definition) is 0. The van der Waals surface area contributed by atoms with Gasteiger partial charge in [0, 0.05) is 25.2 Å². The number of methoxy groups -OCH3 is 3. The van der Waals surface area contributed by atoms with Crippen molar-refractivity contribution in [2.45, 2.75) is 19.3 Å². The van der Waals surface area contributed by atoms with Crippen LogP contribution < -0.4 is 14.2 Å². The van der Waals surface area contributed by atoms with Crippen molar-refractivity contribution >= 4 is 5.91 Å². The molecule has 1 aliphatic heterocycles. The van der Waals surface area contributed by atoms with Gasteiger partial charge in [-0.15, -0.1) is 0 Å². The van der Waals surface area contributed by atoms with Crippen LogP contribution in [-0.4, -0.2) is 45.2 Å². The first-order chi connectivity index (χ1) is 9.71. The van der Waals surface area contributed by atoms with Gasteiger partial charge in [-0.1, -0.05) is 0 Å². The summed E-state index contributed by atoms with van der Waals surface area (Å²) in [6, 6.07) is 3.42. The number of nitrogens with zero attached hydrogens (tertiary/aromatic N) is 1. The molecule has 0 N–H and O–H groups in total. The van der Waals surface area contributed by atoms with Crippen LogP contribution in [0, 0.1) is 0 Å². The number of piperidine rings is 1. The molecule has 0 saturated carbocycles. The molecular weight excluding hydrogens is 258 g/mol. The molecule has 0 unspecified atom stereocenters. The number of ether oxygens (including phenoxy) is 3. The predicted molar refractivity (Wildman–Crippen MR) is 75.9 cm³/mol. The van der Waals surface area contributed by atoms with E-state index in [1.807, 2.05) is 4.90 Å². The van der Waals surface area contributed by atoms with Crippen molar-refractivity contribution in [2.24, 2.45) is 0 Å². The molecule has 110 valence electrons. The average Bonchev–Trinajstić information content (AvgIpc) is 2.53. The highest BCUT2D eigenvalue weighted by molar-refractivity contribution is 6.00. The fourth-order valence-electron chi connectivity index (χ4n) is 2.47. The van der Waals surface area contributed by atoms with Crippen LogP contribution in [0.25, 0.3) is 0 Å². The van der Waals surface area contributed by atoms with Gasteiger partial charge in [0.15, 0.2) is 0 Å². The van der Waals surface area contributed by atoms with Crippen molar-refractivity contribution < 1.29 is 19.0 Å². The third kappa shape index (κ3) is 2.81. The summed E-state index contributed by atoms with van der Waals surface area (Å²) in [7, 11) is 4.66. The molecule has 0 radical (unpaired) electrons. The summed E-state index contributed by atoms with van der Waals surface area (Å²) in [6.07, 6.45) is 3.28. The lowest BCUT2D eigenvalue weighted by molar-refractivity contribution is 0.0717. The third-order valence-electron chi connectivity index (χ3n) is 3.57. The van der Waals surface area contributed by atoms with Gasteiger partial charge in [-0.05, 0) is 19.3 Å². The lowest BCUT2D eigenvalue weighted by atomic mass is 10.1. The lowest BCUT2D eigenvalue weighted by Gasteiger charge is -2.28. The van der Waals surface area contributed by atoms with E-state index in [2.05, 4.69) is 0 Å². The molecule has 0 atom stereocenters. The van der Waals surface area contributed by atoms with Gasteiger partial charge in [0.2, 0.25) is 0 Å². The smallest absolute Gasteiger partial charge is 0.261 e. The van der Waals surface area contributed by atoms with Crippen molar-refractivity contribution in [3.05, 3.63) is 17.7 Å². The van der Waals surface area contributed by atoms with Crippen LogP contribution in [0.5, 0.6) is 17.2 Å². The summed E-state index contributed by atoms with van der Waals surface area (Å²) >= 11 is 0. The number of rotatable bonds is 4. The zero-order valence-corrected chi connectivity index (χ0v) is 12.3. The standard InChI is InChI=1S/C15H21NO4/c1-18-11-9-12(19-2)14(13(10-11)20-3)15(17)16-7-5-4-6-8-16/h9-10H,4-8H2,1-3H3. The van der Waals surface area contributed by atoms with Crippen molar-refractivity contribution in [1.29, 1.82) is 0 Å². The highest BCUT2D eigenvalue weighted by Crippen LogP contribution is 2.35. The molecule has 20 heavy (non-hydrogen) atoms. The number of carbonyl (C=O) groups excluding carboxylic acids is 1. The predicted octanol–water partition coefficient (Wildman–Crippen LogP) is 2.34. The van der Waals surface area contributed by atoms with E-state index in [1.54, 1.807) is 33.5 Å². The van der Waals surface area contributed by atoms with Crippen molar-refractivity contribution in [3.63, 3.8) is 0 Å². The summed E-state index contributed by atoms with van der Waals surface area (Å²) < 4.78 is 15.9. The molecule has 1 aliphatic rings. The molecule has 1 aromatic carbocycles. The van der Waals surface area contributed by atoms with Gasteiger partial charge in [0.05, 0.1) is 21.3 Å². The molecule has 2 rings (SSSR count). The topological polar surface area (TPSA) is 48.0 Å². The Morgan fingerprint density at radius 2 is 1.50 bits per heavy atom. The number of hydrogen-bond acceptors (Lipinski definition) is 4. The van der Waals surface area contributed by atoms with Gasteiger partial charge in [0.25, 0.3) is 5.91 Å². The molecule has 0 aromatic heterocycles. The van der Waals surface area contributed by atoms with Crippen LogP contribution in [0.4, 0.5) is 0 Å². The van der Waals surface area contributed by atoms with E-state index in [-0.39, 0.29) is 5.91 Å². The minimum Gasteiger partial charge on any atom is -0.496 e. The van der Waals surface area contributed by atoms with E-state index >= 15 is 0 Å². The molecule has 5 nitrogen and oxygen atoms in total. The summed E-state index contributed by atoms with van der Waals surface area (Å²) in [6.45, 7) is 1.58. The number of benzene rings is 1. The number of carbonyl (C=O) groups is 1. The first-order valence-electron chi connectivity index (χ1n) is 6.80. The van der Waals surface area contributed by atoms with Crippen LogP contribution in [0.15, 0.2) is 12.1 Å². The Morgan fingerprint density at radius 3 is 1.95 bits per heavy atom. The zero-order chi connectivity index (χ0) is 14.5. The second-order valence-electron chi connectivity index (χ2n) is 4.76. The molecule has 0 spiro atoms. The molecule has 1 amide bonds. The molecule has 1 saturated heterocycles. The SMILES string of the molecule is COc1cc(OC)c(C(=O)N2CCCCC2)c(OC)c1. The quantitative estimate of drug-likeness (QED) is 0.848. The Labute approximate surface area is 119 Å². The summed E-state index contributed by atoms with van der Waals surface area (Å²) in [4.78, 5) is 14.5. The maximum atomic E-state index is 12.7. The minimum absolute atomic E-state index is 0.0407. The Balaban J connectivity index is 2.39. The van der Waals surface area contributed by atoms with Gasteiger partial charge >= 0.3 is 0 Å². The Bertz CT molecular complexity index is 456. The van der Waals surface area contributed by atoms with Crippen LogP contribution in [0.1, 0.15) is 29.6 Å². The van der Waals surface area contributed by atoms with Crippen molar-refractivity contribution in [2.75, 3.05) is 34.4 Å². The second kappa shape index (κ2) is 6.50. The number of amides is 1. The fourth-order valence-corrected chi connectivity index (χ4v) is 2.47. The van der Waals surface area contributed by atoms with Gasteiger partial charge < -0.3 is 19.1 Å².